The SMILES string of the molecule is C=CCNS(=O)(=O)c1cccc(C(=O)NC2CCN(c3ccc(C(F)(F)F)cn3)CC2)c1. The normalized spacial score (nSPS) is 15.4. The van der Waals surface area contributed by atoms with E-state index in [0.29, 0.717) is 31.7 Å². The van der Waals surface area contributed by atoms with Gasteiger partial charge in [0, 0.05) is 37.4 Å². The molecule has 2 heterocycles. The molecule has 11 heteroatoms. The Balaban J connectivity index is 1.58. The number of hydrogen-bond acceptors (Lipinski definition) is 5. The van der Waals surface area contributed by atoms with Crippen LogP contribution in [0.1, 0.15) is 28.8 Å². The van der Waals surface area contributed by atoms with E-state index in [1.54, 1.807) is 0 Å². The summed E-state index contributed by atoms with van der Waals surface area (Å²) in [5, 5.41) is 2.89. The van der Waals surface area contributed by atoms with Crippen LogP contribution in [0.4, 0.5) is 19.0 Å². The maximum absolute atomic E-state index is 12.7. The highest BCUT2D eigenvalue weighted by molar-refractivity contribution is 7.89. The average Bonchev–Trinajstić information content (AvgIpc) is 2.78. The number of alkyl halides is 3. The van der Waals surface area contributed by atoms with Gasteiger partial charge >= 0.3 is 6.18 Å². The van der Waals surface area contributed by atoms with Gasteiger partial charge in [0.15, 0.2) is 0 Å². The summed E-state index contributed by atoms with van der Waals surface area (Å²) in [5.74, 6) is 0.0598. The van der Waals surface area contributed by atoms with Gasteiger partial charge in [0.25, 0.3) is 5.91 Å². The number of hydrogen-bond donors (Lipinski definition) is 2. The first kappa shape index (κ1) is 23.7. The van der Waals surface area contributed by atoms with E-state index in [0.717, 1.165) is 12.3 Å². The number of nitrogens with zero attached hydrogens (tertiary/aromatic N) is 2. The van der Waals surface area contributed by atoms with Crippen LogP contribution in [-0.2, 0) is 16.2 Å². The van der Waals surface area contributed by atoms with Gasteiger partial charge in [0.1, 0.15) is 5.82 Å². The topological polar surface area (TPSA) is 91.4 Å². The predicted octanol–water partition coefficient (Wildman–Crippen LogP) is 2.96. The van der Waals surface area contributed by atoms with Crippen molar-refractivity contribution >= 4 is 21.7 Å². The van der Waals surface area contributed by atoms with Crippen LogP contribution in [-0.4, -0.2) is 45.0 Å². The number of carbonyl (C=O) groups excluding carboxylic acids is 1. The molecule has 0 atom stereocenters. The highest BCUT2D eigenvalue weighted by Crippen LogP contribution is 2.29. The molecule has 2 aromatic rings. The molecule has 1 saturated heterocycles. The Morgan fingerprint density at radius 1 is 1.22 bits per heavy atom. The number of nitrogens with one attached hydrogen (secondary N) is 2. The number of amides is 1. The van der Waals surface area contributed by atoms with Gasteiger partial charge < -0.3 is 10.2 Å². The summed E-state index contributed by atoms with van der Waals surface area (Å²) in [7, 11) is -3.75. The number of carbonyl (C=O) groups is 1. The van der Waals surface area contributed by atoms with Crippen LogP contribution in [0.2, 0.25) is 0 Å². The van der Waals surface area contributed by atoms with Gasteiger partial charge in [-0.1, -0.05) is 12.1 Å². The van der Waals surface area contributed by atoms with Crippen molar-refractivity contribution in [2.24, 2.45) is 0 Å². The van der Waals surface area contributed by atoms with Crippen LogP contribution < -0.4 is 14.9 Å². The van der Waals surface area contributed by atoms with Crippen LogP contribution in [0.5, 0.6) is 0 Å². The van der Waals surface area contributed by atoms with Crippen molar-refractivity contribution in [3.63, 3.8) is 0 Å². The van der Waals surface area contributed by atoms with Crippen molar-refractivity contribution < 1.29 is 26.4 Å². The van der Waals surface area contributed by atoms with Crippen LogP contribution in [0.3, 0.4) is 0 Å². The average molecular weight is 469 g/mol. The molecule has 0 saturated carbocycles. The summed E-state index contributed by atoms with van der Waals surface area (Å²) in [6.07, 6.45) is -1.05. The number of pyridine rings is 1. The molecule has 1 aromatic heterocycles. The summed E-state index contributed by atoms with van der Waals surface area (Å²) in [5.41, 5.74) is -0.578. The summed E-state index contributed by atoms with van der Waals surface area (Å²) >= 11 is 0. The van der Waals surface area contributed by atoms with Gasteiger partial charge in [-0.15, -0.1) is 6.58 Å². The van der Waals surface area contributed by atoms with E-state index in [2.05, 4.69) is 21.6 Å². The van der Waals surface area contributed by atoms with Gasteiger partial charge in [0.2, 0.25) is 10.0 Å². The number of benzene rings is 1. The van der Waals surface area contributed by atoms with Crippen LogP contribution >= 0.6 is 0 Å². The molecular formula is C21H23F3N4O3S. The molecule has 1 aliphatic rings. The molecule has 0 spiro atoms. The smallest absolute Gasteiger partial charge is 0.356 e. The van der Waals surface area contributed by atoms with Gasteiger partial charge in [0.05, 0.1) is 10.5 Å². The van der Waals surface area contributed by atoms with E-state index in [4.69, 9.17) is 0 Å². The number of aromatic nitrogens is 1. The first-order valence-electron chi connectivity index (χ1n) is 9.90. The van der Waals surface area contributed by atoms with Crippen molar-refractivity contribution in [2.45, 2.75) is 30.0 Å². The fourth-order valence-corrected chi connectivity index (χ4v) is 4.36. The lowest BCUT2D eigenvalue weighted by Gasteiger charge is -2.33. The van der Waals surface area contributed by atoms with Crippen molar-refractivity contribution in [1.29, 1.82) is 0 Å². The van der Waals surface area contributed by atoms with Crippen LogP contribution in [0.15, 0.2) is 60.1 Å². The zero-order chi connectivity index (χ0) is 23.4. The molecule has 32 heavy (non-hydrogen) atoms. The van der Waals surface area contributed by atoms with E-state index >= 15 is 0 Å². The Kier molecular flexibility index (Phi) is 7.19. The predicted molar refractivity (Wildman–Crippen MR) is 114 cm³/mol. The standard InChI is InChI=1S/C21H23F3N4O3S/c1-2-10-26-32(30,31)18-5-3-4-15(13-18)20(29)27-17-8-11-28(12-9-17)19-7-6-16(14-25-19)21(22,23)24/h2-7,13-14,17,26H,1,8-12H2,(H,27,29). The highest BCUT2D eigenvalue weighted by atomic mass is 32.2. The minimum Gasteiger partial charge on any atom is -0.356 e. The molecule has 0 bridgehead atoms. The fraction of sp³-hybridized carbons (Fsp3) is 0.333. The van der Waals surface area contributed by atoms with Crippen molar-refractivity contribution in [2.75, 3.05) is 24.5 Å². The summed E-state index contributed by atoms with van der Waals surface area (Å²) in [4.78, 5) is 18.4. The maximum atomic E-state index is 12.7. The Morgan fingerprint density at radius 3 is 2.53 bits per heavy atom. The quantitative estimate of drug-likeness (QED) is 0.610. The van der Waals surface area contributed by atoms with Crippen molar-refractivity contribution in [3.05, 3.63) is 66.4 Å². The Labute approximate surface area is 184 Å². The second kappa shape index (κ2) is 9.70. The third-order valence-corrected chi connectivity index (χ3v) is 6.47. The molecule has 1 amide bonds. The van der Waals surface area contributed by atoms with Gasteiger partial charge in [-0.3, -0.25) is 4.79 Å². The van der Waals surface area contributed by atoms with Crippen molar-refractivity contribution in [3.8, 4) is 0 Å². The summed E-state index contributed by atoms with van der Waals surface area (Å²) in [6.45, 7) is 4.57. The van der Waals surface area contributed by atoms with E-state index in [1.165, 1.54) is 36.4 Å². The van der Waals surface area contributed by atoms with E-state index in [-0.39, 0.29) is 23.0 Å². The molecule has 1 aromatic carbocycles. The third-order valence-electron chi connectivity index (χ3n) is 5.05. The lowest BCUT2D eigenvalue weighted by atomic mass is 10.0. The Morgan fingerprint density at radius 2 is 1.94 bits per heavy atom. The molecule has 172 valence electrons. The number of sulfonamides is 1. The van der Waals surface area contributed by atoms with Crippen molar-refractivity contribution in [1.82, 2.24) is 15.0 Å². The van der Waals surface area contributed by atoms with E-state index < -0.39 is 27.7 Å². The monoisotopic (exact) mass is 468 g/mol. The van der Waals surface area contributed by atoms with Gasteiger partial charge in [-0.2, -0.15) is 13.2 Å². The van der Waals surface area contributed by atoms with Gasteiger partial charge in [-0.25, -0.2) is 18.1 Å². The van der Waals surface area contributed by atoms with Crippen LogP contribution in [0, 0.1) is 0 Å². The van der Waals surface area contributed by atoms with Crippen LogP contribution in [0.25, 0.3) is 0 Å². The lowest BCUT2D eigenvalue weighted by molar-refractivity contribution is -0.137. The molecule has 0 radical (unpaired) electrons. The maximum Gasteiger partial charge on any atom is 0.417 e. The lowest BCUT2D eigenvalue weighted by Crippen LogP contribution is -2.45. The number of rotatable bonds is 7. The first-order chi connectivity index (χ1) is 15.1. The number of anilines is 1. The molecule has 2 N–H and O–H groups in total. The van der Waals surface area contributed by atoms with E-state index in [1.807, 2.05) is 4.90 Å². The molecule has 3 rings (SSSR count). The Hall–Kier alpha value is -2.92. The van der Waals surface area contributed by atoms with Gasteiger partial charge in [-0.05, 0) is 43.2 Å². The Bertz CT molecular complexity index is 1060. The molecule has 0 unspecified atom stereocenters. The number of piperidine rings is 1. The zero-order valence-corrected chi connectivity index (χ0v) is 17.9. The molecule has 1 aliphatic heterocycles. The molecule has 1 fully saturated rings. The zero-order valence-electron chi connectivity index (χ0n) is 17.1. The second-order valence-corrected chi connectivity index (χ2v) is 9.07. The third kappa shape index (κ3) is 5.86. The first-order valence-corrected chi connectivity index (χ1v) is 11.4. The van der Waals surface area contributed by atoms with E-state index in [9.17, 15) is 26.4 Å². The molecule has 7 nitrogen and oxygen atoms in total. The summed E-state index contributed by atoms with van der Waals surface area (Å²) < 4.78 is 64.9. The highest BCUT2D eigenvalue weighted by Gasteiger charge is 2.31. The fourth-order valence-electron chi connectivity index (χ4n) is 3.32. The minimum atomic E-state index is -4.43. The second-order valence-electron chi connectivity index (χ2n) is 7.31. The summed E-state index contributed by atoms with van der Waals surface area (Å²) in [6, 6.07) is 7.93. The minimum absolute atomic E-state index is 0.0183. The largest absolute Gasteiger partial charge is 0.417 e. The number of halogens is 3. The molecular weight excluding hydrogens is 445 g/mol. The molecule has 0 aliphatic carbocycles.